The van der Waals surface area contributed by atoms with Gasteiger partial charge in [0, 0.05) is 31.2 Å². The third kappa shape index (κ3) is 3.85. The monoisotopic (exact) mass is 343 g/mol. The Kier molecular flexibility index (Phi) is 5.08. The Morgan fingerprint density at radius 1 is 1.36 bits per heavy atom. The summed E-state index contributed by atoms with van der Waals surface area (Å²) < 4.78 is 11.0. The molecule has 6 nitrogen and oxygen atoms in total. The molecule has 1 aromatic carbocycles. The lowest BCUT2D eigenvalue weighted by atomic mass is 10.1. The predicted molar refractivity (Wildman–Crippen MR) is 94.7 cm³/mol. The third-order valence-electron chi connectivity index (χ3n) is 4.74. The Morgan fingerprint density at radius 3 is 2.84 bits per heavy atom. The van der Waals surface area contributed by atoms with E-state index in [2.05, 4.69) is 24.0 Å². The molecule has 3 rings (SSSR count). The molecule has 1 saturated heterocycles. The fourth-order valence-electron chi connectivity index (χ4n) is 3.19. The number of aromatic nitrogens is 1. The number of likely N-dealkylation sites (N-methyl/N-ethyl adjacent to an activating group) is 1. The zero-order chi connectivity index (χ0) is 18.0. The lowest BCUT2D eigenvalue weighted by Gasteiger charge is -2.38. The van der Waals surface area contributed by atoms with Gasteiger partial charge in [0.2, 0.25) is 0 Å². The molecule has 0 unspecified atom stereocenters. The van der Waals surface area contributed by atoms with E-state index in [-0.39, 0.29) is 11.9 Å². The van der Waals surface area contributed by atoms with Crippen LogP contribution in [-0.4, -0.2) is 53.6 Å². The van der Waals surface area contributed by atoms with Crippen LogP contribution in [0.15, 0.2) is 28.8 Å². The Bertz CT molecular complexity index is 737. The van der Waals surface area contributed by atoms with Crippen molar-refractivity contribution in [3.63, 3.8) is 0 Å². The molecular formula is C19H25N3O3. The molecule has 6 heteroatoms. The Hall–Kier alpha value is -2.34. The van der Waals surface area contributed by atoms with E-state index in [4.69, 9.17) is 9.26 Å². The maximum atomic E-state index is 12.8. The van der Waals surface area contributed by atoms with Crippen molar-refractivity contribution in [3.05, 3.63) is 46.8 Å². The molecule has 1 fully saturated rings. The average molecular weight is 343 g/mol. The summed E-state index contributed by atoms with van der Waals surface area (Å²) in [6.45, 7) is 8.78. The van der Waals surface area contributed by atoms with Crippen molar-refractivity contribution in [1.82, 2.24) is 15.0 Å². The normalized spacial score (nSPS) is 18.4. The van der Waals surface area contributed by atoms with Crippen LogP contribution in [-0.2, 0) is 6.61 Å². The van der Waals surface area contributed by atoms with Crippen LogP contribution in [0, 0.1) is 13.8 Å². The largest absolute Gasteiger partial charge is 0.489 e. The number of amides is 1. The molecule has 0 saturated carbocycles. The molecule has 0 radical (unpaired) electrons. The van der Waals surface area contributed by atoms with E-state index in [0.29, 0.717) is 17.9 Å². The summed E-state index contributed by atoms with van der Waals surface area (Å²) in [6.07, 6.45) is 0. The molecular weight excluding hydrogens is 318 g/mol. The minimum Gasteiger partial charge on any atom is -0.489 e. The number of benzene rings is 1. The predicted octanol–water partition coefficient (Wildman–Crippen LogP) is 2.65. The van der Waals surface area contributed by atoms with E-state index >= 15 is 0 Å². The molecule has 25 heavy (non-hydrogen) atoms. The summed E-state index contributed by atoms with van der Waals surface area (Å²) in [4.78, 5) is 17.0. The van der Waals surface area contributed by atoms with Gasteiger partial charge in [0.05, 0.1) is 11.3 Å². The van der Waals surface area contributed by atoms with E-state index in [1.54, 1.807) is 0 Å². The maximum Gasteiger partial charge on any atom is 0.254 e. The first kappa shape index (κ1) is 17.5. The van der Waals surface area contributed by atoms with Crippen molar-refractivity contribution in [2.24, 2.45) is 0 Å². The van der Waals surface area contributed by atoms with Gasteiger partial charge in [-0.2, -0.15) is 0 Å². The Balaban J connectivity index is 1.70. The number of hydrogen-bond acceptors (Lipinski definition) is 5. The van der Waals surface area contributed by atoms with Crippen molar-refractivity contribution in [2.75, 3.05) is 26.7 Å². The fraction of sp³-hybridized carbons (Fsp3) is 0.474. The van der Waals surface area contributed by atoms with Gasteiger partial charge in [-0.05, 0) is 46.0 Å². The van der Waals surface area contributed by atoms with Gasteiger partial charge in [-0.1, -0.05) is 11.2 Å². The second-order valence-corrected chi connectivity index (χ2v) is 6.73. The van der Waals surface area contributed by atoms with E-state index in [1.807, 2.05) is 43.0 Å². The fourth-order valence-corrected chi connectivity index (χ4v) is 3.19. The standard InChI is InChI=1S/C19H25N3O3/c1-13-11-21(4)8-9-22(13)19(23)16-6-5-7-17(10-16)24-12-18-14(2)20-25-15(18)3/h5-7,10,13H,8-9,11-12H2,1-4H3/t13-/m0/s1. The van der Waals surface area contributed by atoms with Gasteiger partial charge in [0.25, 0.3) is 5.91 Å². The highest BCUT2D eigenvalue weighted by Crippen LogP contribution is 2.20. The number of carbonyl (C=O) groups excluding carboxylic acids is 1. The summed E-state index contributed by atoms with van der Waals surface area (Å²) in [5.74, 6) is 1.49. The molecule has 1 aliphatic heterocycles. The summed E-state index contributed by atoms with van der Waals surface area (Å²) >= 11 is 0. The van der Waals surface area contributed by atoms with Crippen LogP contribution >= 0.6 is 0 Å². The van der Waals surface area contributed by atoms with Gasteiger partial charge in [0.1, 0.15) is 18.1 Å². The first-order valence-electron chi connectivity index (χ1n) is 8.60. The van der Waals surface area contributed by atoms with E-state index < -0.39 is 0 Å². The van der Waals surface area contributed by atoms with Crippen LogP contribution in [0.5, 0.6) is 5.75 Å². The molecule has 134 valence electrons. The van der Waals surface area contributed by atoms with Crippen molar-refractivity contribution < 1.29 is 14.1 Å². The molecule has 0 spiro atoms. The highest BCUT2D eigenvalue weighted by atomic mass is 16.5. The zero-order valence-electron chi connectivity index (χ0n) is 15.3. The van der Waals surface area contributed by atoms with Crippen molar-refractivity contribution >= 4 is 5.91 Å². The van der Waals surface area contributed by atoms with Crippen LogP contribution in [0.1, 0.15) is 34.3 Å². The maximum absolute atomic E-state index is 12.8. The molecule has 1 aliphatic rings. The molecule has 1 atom stereocenters. The quantitative estimate of drug-likeness (QED) is 0.854. The Morgan fingerprint density at radius 2 is 2.16 bits per heavy atom. The van der Waals surface area contributed by atoms with Crippen LogP contribution in [0.4, 0.5) is 0 Å². The van der Waals surface area contributed by atoms with E-state index in [9.17, 15) is 4.79 Å². The van der Waals surface area contributed by atoms with Gasteiger partial charge in [-0.15, -0.1) is 0 Å². The summed E-state index contributed by atoms with van der Waals surface area (Å²) in [5, 5.41) is 3.93. The van der Waals surface area contributed by atoms with Crippen LogP contribution in [0.25, 0.3) is 0 Å². The van der Waals surface area contributed by atoms with Gasteiger partial charge in [-0.25, -0.2) is 0 Å². The van der Waals surface area contributed by atoms with Gasteiger partial charge in [-0.3, -0.25) is 4.79 Å². The topological polar surface area (TPSA) is 58.8 Å². The molecule has 2 aromatic rings. The van der Waals surface area contributed by atoms with Gasteiger partial charge >= 0.3 is 0 Å². The summed E-state index contributed by atoms with van der Waals surface area (Å²) in [7, 11) is 2.08. The molecule has 1 aromatic heterocycles. The second-order valence-electron chi connectivity index (χ2n) is 6.73. The van der Waals surface area contributed by atoms with Crippen LogP contribution in [0.3, 0.4) is 0 Å². The minimum absolute atomic E-state index is 0.0587. The second kappa shape index (κ2) is 7.27. The number of ether oxygens (including phenoxy) is 1. The van der Waals surface area contributed by atoms with Crippen molar-refractivity contribution in [1.29, 1.82) is 0 Å². The molecule has 0 bridgehead atoms. The van der Waals surface area contributed by atoms with Crippen molar-refractivity contribution in [3.8, 4) is 5.75 Å². The first-order chi connectivity index (χ1) is 12.0. The minimum atomic E-state index is 0.0587. The molecule has 0 aliphatic carbocycles. The van der Waals surface area contributed by atoms with E-state index in [0.717, 1.165) is 36.7 Å². The number of piperazine rings is 1. The van der Waals surface area contributed by atoms with Crippen molar-refractivity contribution in [2.45, 2.75) is 33.4 Å². The number of carbonyl (C=O) groups is 1. The van der Waals surface area contributed by atoms with E-state index in [1.165, 1.54) is 0 Å². The van der Waals surface area contributed by atoms with Crippen LogP contribution in [0.2, 0.25) is 0 Å². The number of nitrogens with zero attached hydrogens (tertiary/aromatic N) is 3. The number of hydrogen-bond donors (Lipinski definition) is 0. The lowest BCUT2D eigenvalue weighted by Crippen LogP contribution is -2.52. The summed E-state index contributed by atoms with van der Waals surface area (Å²) in [5.41, 5.74) is 2.44. The lowest BCUT2D eigenvalue weighted by molar-refractivity contribution is 0.0533. The van der Waals surface area contributed by atoms with Gasteiger partial charge in [0.15, 0.2) is 0 Å². The van der Waals surface area contributed by atoms with Gasteiger partial charge < -0.3 is 19.1 Å². The molecule has 2 heterocycles. The number of rotatable bonds is 4. The molecule has 1 amide bonds. The third-order valence-corrected chi connectivity index (χ3v) is 4.74. The SMILES string of the molecule is Cc1noc(C)c1COc1cccc(C(=O)N2CCN(C)C[C@@H]2C)c1. The van der Waals surface area contributed by atoms with Crippen LogP contribution < -0.4 is 4.74 Å². The number of aryl methyl sites for hydroxylation is 2. The Labute approximate surface area is 148 Å². The highest BCUT2D eigenvalue weighted by Gasteiger charge is 2.26. The first-order valence-corrected chi connectivity index (χ1v) is 8.60. The molecule has 0 N–H and O–H groups in total. The smallest absolute Gasteiger partial charge is 0.254 e. The summed E-state index contributed by atoms with van der Waals surface area (Å²) in [6, 6.07) is 7.58. The average Bonchev–Trinajstić information content (AvgIpc) is 2.91. The highest BCUT2D eigenvalue weighted by molar-refractivity contribution is 5.94. The zero-order valence-corrected chi connectivity index (χ0v) is 15.3.